The van der Waals surface area contributed by atoms with Crippen LogP contribution in [-0.4, -0.2) is 46.4 Å². The minimum Gasteiger partial charge on any atom is -0.371 e. The lowest BCUT2D eigenvalue weighted by Crippen LogP contribution is -2.51. The molecule has 0 radical (unpaired) electrons. The number of nitrogens with zero attached hydrogens (tertiary/aromatic N) is 3. The van der Waals surface area contributed by atoms with Gasteiger partial charge in [-0.1, -0.05) is 23.5 Å². The van der Waals surface area contributed by atoms with E-state index in [9.17, 15) is 18.0 Å². The molecule has 1 saturated carbocycles. The maximum absolute atomic E-state index is 12.7. The van der Waals surface area contributed by atoms with Crippen LogP contribution in [0.2, 0.25) is 0 Å². The van der Waals surface area contributed by atoms with Gasteiger partial charge in [0.1, 0.15) is 5.01 Å². The van der Waals surface area contributed by atoms with Crippen LogP contribution in [0.1, 0.15) is 25.3 Å². The number of rotatable bonds is 3. The summed E-state index contributed by atoms with van der Waals surface area (Å²) < 4.78 is 43.9. The van der Waals surface area contributed by atoms with Crippen molar-refractivity contribution in [2.75, 3.05) is 18.4 Å². The number of urea groups is 1. The molecule has 1 N–H and O–H groups in total. The highest BCUT2D eigenvalue weighted by Crippen LogP contribution is 2.37. The third kappa shape index (κ3) is 4.27. The van der Waals surface area contributed by atoms with E-state index in [-0.39, 0.29) is 18.2 Å². The first kappa shape index (κ1) is 19.1. The van der Waals surface area contributed by atoms with E-state index in [1.54, 1.807) is 4.90 Å². The number of halogens is 3. The first-order chi connectivity index (χ1) is 13.3. The van der Waals surface area contributed by atoms with Crippen molar-refractivity contribution < 1.29 is 22.7 Å². The molecule has 10 heteroatoms. The fraction of sp³-hybridized carbons (Fsp3) is 0.500. The predicted octanol–water partition coefficient (Wildman–Crippen LogP) is 4.26. The Hall–Kier alpha value is -2.20. The molecular weight excluding hydrogens is 393 g/mol. The van der Waals surface area contributed by atoms with Crippen LogP contribution in [0, 0.1) is 5.92 Å². The molecule has 6 nitrogen and oxygen atoms in total. The molecule has 28 heavy (non-hydrogen) atoms. The van der Waals surface area contributed by atoms with Crippen LogP contribution in [0.4, 0.5) is 23.1 Å². The Labute approximate surface area is 163 Å². The van der Waals surface area contributed by atoms with Crippen molar-refractivity contribution >= 4 is 22.5 Å². The van der Waals surface area contributed by atoms with Crippen LogP contribution in [0.15, 0.2) is 24.3 Å². The van der Waals surface area contributed by atoms with Gasteiger partial charge in [0.15, 0.2) is 0 Å². The van der Waals surface area contributed by atoms with Gasteiger partial charge in [-0.25, -0.2) is 4.79 Å². The number of alkyl halides is 3. The molecule has 2 fully saturated rings. The topological polar surface area (TPSA) is 67.4 Å². The minimum atomic E-state index is -4.38. The SMILES string of the molecule is CC1CN(C(=O)Nc2nnc(-c3ccc(C(F)(F)F)cc3)s2)CC(C2CC2)O1. The van der Waals surface area contributed by atoms with Crippen molar-refractivity contribution in [1.82, 2.24) is 15.1 Å². The van der Waals surface area contributed by atoms with Gasteiger partial charge in [-0.2, -0.15) is 13.2 Å². The van der Waals surface area contributed by atoms with Crippen molar-refractivity contribution in [2.45, 2.75) is 38.1 Å². The molecule has 1 aromatic heterocycles. The smallest absolute Gasteiger partial charge is 0.371 e. The molecule has 1 saturated heterocycles. The lowest BCUT2D eigenvalue weighted by Gasteiger charge is -2.36. The van der Waals surface area contributed by atoms with E-state index in [1.165, 1.54) is 12.1 Å². The highest BCUT2D eigenvalue weighted by molar-refractivity contribution is 7.18. The van der Waals surface area contributed by atoms with Crippen molar-refractivity contribution in [3.8, 4) is 10.6 Å². The second-order valence-electron chi connectivity index (χ2n) is 7.15. The summed E-state index contributed by atoms with van der Waals surface area (Å²) in [6, 6.07) is 4.43. The molecular formula is C18H19F3N4O2S. The Bertz CT molecular complexity index is 851. The van der Waals surface area contributed by atoms with Gasteiger partial charge in [0.05, 0.1) is 17.8 Å². The zero-order valence-corrected chi connectivity index (χ0v) is 15.9. The standard InChI is InChI=1S/C18H19F3N4O2S/c1-10-8-25(9-14(27-10)11-2-3-11)17(26)22-16-24-23-15(28-16)12-4-6-13(7-5-12)18(19,20)21/h4-7,10-11,14H,2-3,8-9H2,1H3,(H,22,24,26). The third-order valence-electron chi connectivity index (χ3n) is 4.82. The number of anilines is 1. The van der Waals surface area contributed by atoms with Crippen molar-refractivity contribution in [3.05, 3.63) is 29.8 Å². The number of benzene rings is 1. The number of amides is 2. The van der Waals surface area contributed by atoms with Crippen LogP contribution >= 0.6 is 11.3 Å². The Morgan fingerprint density at radius 3 is 2.57 bits per heavy atom. The molecule has 1 aliphatic carbocycles. The molecule has 0 spiro atoms. The number of aromatic nitrogens is 2. The molecule has 1 aromatic carbocycles. The summed E-state index contributed by atoms with van der Waals surface area (Å²) in [6.45, 7) is 2.99. The number of carbonyl (C=O) groups excluding carboxylic acids is 1. The molecule has 2 aromatic rings. The van der Waals surface area contributed by atoms with E-state index in [0.717, 1.165) is 36.3 Å². The zero-order chi connectivity index (χ0) is 19.9. The van der Waals surface area contributed by atoms with Gasteiger partial charge in [0.2, 0.25) is 5.13 Å². The van der Waals surface area contributed by atoms with E-state index in [1.807, 2.05) is 6.92 Å². The minimum absolute atomic E-state index is 0.0257. The normalized spacial score (nSPS) is 22.9. The van der Waals surface area contributed by atoms with Crippen LogP contribution in [0.25, 0.3) is 10.6 Å². The van der Waals surface area contributed by atoms with Gasteiger partial charge >= 0.3 is 12.2 Å². The van der Waals surface area contributed by atoms with Crippen molar-refractivity contribution in [3.63, 3.8) is 0 Å². The zero-order valence-electron chi connectivity index (χ0n) is 15.1. The van der Waals surface area contributed by atoms with Gasteiger partial charge < -0.3 is 9.64 Å². The second-order valence-corrected chi connectivity index (χ2v) is 8.12. The predicted molar refractivity (Wildman–Crippen MR) is 98.0 cm³/mol. The number of nitrogens with one attached hydrogen (secondary N) is 1. The van der Waals surface area contributed by atoms with E-state index in [4.69, 9.17) is 4.74 Å². The molecule has 2 atom stereocenters. The number of hydrogen-bond donors (Lipinski definition) is 1. The van der Waals surface area contributed by atoms with Crippen LogP contribution in [0.3, 0.4) is 0 Å². The Morgan fingerprint density at radius 2 is 1.93 bits per heavy atom. The first-order valence-corrected chi connectivity index (χ1v) is 9.84. The average Bonchev–Trinajstić information content (AvgIpc) is 3.40. The van der Waals surface area contributed by atoms with E-state index in [2.05, 4.69) is 15.5 Å². The lowest BCUT2D eigenvalue weighted by atomic mass is 10.1. The summed E-state index contributed by atoms with van der Waals surface area (Å²) in [4.78, 5) is 14.3. The molecule has 150 valence electrons. The van der Waals surface area contributed by atoms with Gasteiger partial charge in [-0.15, -0.1) is 10.2 Å². The molecule has 2 aliphatic rings. The third-order valence-corrected chi connectivity index (χ3v) is 5.71. The summed E-state index contributed by atoms with van der Waals surface area (Å²) in [7, 11) is 0. The second kappa shape index (κ2) is 7.32. The van der Waals surface area contributed by atoms with Crippen molar-refractivity contribution in [1.29, 1.82) is 0 Å². The Morgan fingerprint density at radius 1 is 1.21 bits per heavy atom. The summed E-state index contributed by atoms with van der Waals surface area (Å²) in [5.41, 5.74) is -0.208. The quantitative estimate of drug-likeness (QED) is 0.818. The van der Waals surface area contributed by atoms with Gasteiger partial charge in [-0.3, -0.25) is 5.32 Å². The molecule has 1 aliphatic heterocycles. The maximum atomic E-state index is 12.7. The van der Waals surface area contributed by atoms with E-state index < -0.39 is 11.7 Å². The molecule has 0 bridgehead atoms. The molecule has 4 rings (SSSR count). The number of ether oxygens (including phenoxy) is 1. The average molecular weight is 412 g/mol. The number of morpholine rings is 1. The van der Waals surface area contributed by atoms with Gasteiger partial charge in [-0.05, 0) is 37.8 Å². The largest absolute Gasteiger partial charge is 0.416 e. The van der Waals surface area contributed by atoms with Gasteiger partial charge in [0, 0.05) is 18.7 Å². The lowest BCUT2D eigenvalue weighted by molar-refractivity contribution is -0.137. The van der Waals surface area contributed by atoms with Crippen LogP contribution in [0.5, 0.6) is 0 Å². The van der Waals surface area contributed by atoms with Crippen LogP contribution < -0.4 is 5.32 Å². The summed E-state index contributed by atoms with van der Waals surface area (Å²) in [6.07, 6.45) is -2.06. The van der Waals surface area contributed by atoms with Crippen LogP contribution in [-0.2, 0) is 10.9 Å². The fourth-order valence-electron chi connectivity index (χ4n) is 3.24. The van der Waals surface area contributed by atoms with E-state index in [0.29, 0.717) is 34.7 Å². The van der Waals surface area contributed by atoms with E-state index >= 15 is 0 Å². The monoisotopic (exact) mass is 412 g/mol. The van der Waals surface area contributed by atoms with Crippen molar-refractivity contribution in [2.24, 2.45) is 5.92 Å². The summed E-state index contributed by atoms with van der Waals surface area (Å²) in [5.74, 6) is 0.533. The Kier molecular flexibility index (Phi) is 5.00. The fourth-order valence-corrected chi connectivity index (χ4v) is 3.98. The molecule has 2 heterocycles. The summed E-state index contributed by atoms with van der Waals surface area (Å²) >= 11 is 1.12. The first-order valence-electron chi connectivity index (χ1n) is 9.02. The summed E-state index contributed by atoms with van der Waals surface area (Å²) in [5, 5.41) is 11.4. The van der Waals surface area contributed by atoms with Gasteiger partial charge in [0.25, 0.3) is 0 Å². The highest BCUT2D eigenvalue weighted by atomic mass is 32.1. The Balaban J connectivity index is 1.41. The molecule has 2 amide bonds. The molecule has 2 unspecified atom stereocenters. The maximum Gasteiger partial charge on any atom is 0.416 e. The highest BCUT2D eigenvalue weighted by Gasteiger charge is 2.38. The number of carbonyl (C=O) groups is 1. The number of hydrogen-bond acceptors (Lipinski definition) is 5.